The zero-order chi connectivity index (χ0) is 15.7. The van der Waals surface area contributed by atoms with Crippen LogP contribution in [0.5, 0.6) is 5.75 Å². The van der Waals surface area contributed by atoms with Crippen LogP contribution in [0.1, 0.15) is 31.9 Å². The van der Waals surface area contributed by atoms with Gasteiger partial charge in [0.2, 0.25) is 0 Å². The molecule has 2 N–H and O–H groups in total. The first-order chi connectivity index (χ1) is 10.6. The van der Waals surface area contributed by atoms with Gasteiger partial charge in [0, 0.05) is 42.3 Å². The topological polar surface area (TPSA) is 48.5 Å². The van der Waals surface area contributed by atoms with Crippen molar-refractivity contribution in [2.24, 2.45) is 11.8 Å². The number of aromatic nitrogens is 1. The van der Waals surface area contributed by atoms with Crippen LogP contribution in [0, 0.1) is 11.8 Å². The normalized spacial score (nSPS) is 24.5. The Morgan fingerprint density at radius 3 is 2.73 bits per heavy atom. The van der Waals surface area contributed by atoms with Gasteiger partial charge in [-0.05, 0) is 36.5 Å². The van der Waals surface area contributed by atoms with E-state index in [1.54, 1.807) is 7.11 Å². The lowest BCUT2D eigenvalue weighted by atomic mass is 9.91. The predicted molar refractivity (Wildman–Crippen MR) is 89.2 cm³/mol. The van der Waals surface area contributed by atoms with Crippen LogP contribution in [0.15, 0.2) is 24.4 Å². The number of benzene rings is 1. The Morgan fingerprint density at radius 2 is 2.05 bits per heavy atom. The van der Waals surface area contributed by atoms with Crippen LogP contribution in [-0.2, 0) is 0 Å². The summed E-state index contributed by atoms with van der Waals surface area (Å²) in [6, 6.07) is 5.92. The van der Waals surface area contributed by atoms with Crippen molar-refractivity contribution in [2.45, 2.75) is 26.4 Å². The number of rotatable bonds is 4. The van der Waals surface area contributed by atoms with E-state index in [0.717, 1.165) is 35.3 Å². The second-order valence-corrected chi connectivity index (χ2v) is 6.84. The minimum Gasteiger partial charge on any atom is -0.497 e. The number of aliphatic hydroxyl groups is 1. The number of hydrogen-bond acceptors (Lipinski definition) is 3. The van der Waals surface area contributed by atoms with Gasteiger partial charge >= 0.3 is 0 Å². The zero-order valence-corrected chi connectivity index (χ0v) is 13.7. The van der Waals surface area contributed by atoms with Crippen molar-refractivity contribution >= 4 is 10.9 Å². The maximum atomic E-state index is 10.7. The highest BCUT2D eigenvalue weighted by molar-refractivity contribution is 5.85. The van der Waals surface area contributed by atoms with E-state index in [1.807, 2.05) is 24.4 Å². The highest BCUT2D eigenvalue weighted by Gasteiger charge is 2.24. The van der Waals surface area contributed by atoms with Crippen LogP contribution in [0.4, 0.5) is 0 Å². The number of piperidine rings is 1. The Kier molecular flexibility index (Phi) is 4.41. The first-order valence-electron chi connectivity index (χ1n) is 8.12. The van der Waals surface area contributed by atoms with Gasteiger partial charge in [-0.2, -0.15) is 0 Å². The quantitative estimate of drug-likeness (QED) is 0.912. The van der Waals surface area contributed by atoms with Crippen molar-refractivity contribution < 1.29 is 9.84 Å². The molecule has 1 saturated heterocycles. The Hall–Kier alpha value is -1.52. The zero-order valence-electron chi connectivity index (χ0n) is 13.7. The smallest absolute Gasteiger partial charge is 0.119 e. The van der Waals surface area contributed by atoms with E-state index in [4.69, 9.17) is 4.74 Å². The van der Waals surface area contributed by atoms with E-state index < -0.39 is 6.10 Å². The molecule has 2 heterocycles. The van der Waals surface area contributed by atoms with E-state index in [1.165, 1.54) is 6.42 Å². The molecule has 1 aromatic heterocycles. The molecule has 0 radical (unpaired) electrons. The van der Waals surface area contributed by atoms with Gasteiger partial charge in [0.1, 0.15) is 5.75 Å². The molecule has 1 fully saturated rings. The van der Waals surface area contributed by atoms with Crippen LogP contribution in [0.2, 0.25) is 0 Å². The molecule has 1 aromatic carbocycles. The Balaban J connectivity index is 1.78. The van der Waals surface area contributed by atoms with Crippen molar-refractivity contribution in [3.63, 3.8) is 0 Å². The molecule has 0 unspecified atom stereocenters. The van der Waals surface area contributed by atoms with Crippen molar-refractivity contribution in [1.82, 2.24) is 9.88 Å². The highest BCUT2D eigenvalue weighted by Crippen LogP contribution is 2.29. The summed E-state index contributed by atoms with van der Waals surface area (Å²) in [5.74, 6) is 2.23. The lowest BCUT2D eigenvalue weighted by Crippen LogP contribution is -2.40. The number of aliphatic hydroxyl groups excluding tert-OH is 1. The number of H-pyrrole nitrogens is 1. The average Bonchev–Trinajstić information content (AvgIpc) is 2.88. The van der Waals surface area contributed by atoms with E-state index in [0.29, 0.717) is 18.4 Å². The van der Waals surface area contributed by atoms with Gasteiger partial charge in [-0.1, -0.05) is 13.8 Å². The third kappa shape index (κ3) is 3.13. The van der Waals surface area contributed by atoms with Crippen molar-refractivity contribution in [1.29, 1.82) is 0 Å². The average molecular weight is 302 g/mol. The SMILES string of the molecule is COc1ccc2[nH]cc([C@H](O)CN3C[C@H](C)C[C@H](C)C3)c2c1. The number of fused-ring (bicyclic) bond motifs is 1. The number of nitrogens with one attached hydrogen (secondary N) is 1. The molecule has 1 aliphatic rings. The molecule has 0 spiro atoms. The number of hydrogen-bond donors (Lipinski definition) is 2. The standard InChI is InChI=1S/C18H26N2O2/c1-12-6-13(2)10-20(9-12)11-18(21)16-8-19-17-5-4-14(22-3)7-15(16)17/h4-5,7-8,12-13,18-19,21H,6,9-11H2,1-3H3/t12-,13+,18-/m1/s1. The third-order valence-electron chi connectivity index (χ3n) is 4.66. The molecule has 1 aliphatic heterocycles. The summed E-state index contributed by atoms with van der Waals surface area (Å²) in [6.45, 7) is 7.44. The van der Waals surface area contributed by atoms with E-state index >= 15 is 0 Å². The van der Waals surface area contributed by atoms with Crippen LogP contribution >= 0.6 is 0 Å². The van der Waals surface area contributed by atoms with E-state index in [2.05, 4.69) is 23.7 Å². The maximum Gasteiger partial charge on any atom is 0.119 e. The molecule has 120 valence electrons. The molecule has 4 nitrogen and oxygen atoms in total. The second-order valence-electron chi connectivity index (χ2n) is 6.84. The first kappa shape index (κ1) is 15.4. The van der Waals surface area contributed by atoms with Gasteiger partial charge in [-0.3, -0.25) is 4.90 Å². The van der Waals surface area contributed by atoms with Gasteiger partial charge in [-0.15, -0.1) is 0 Å². The van der Waals surface area contributed by atoms with Crippen molar-refractivity contribution in [3.8, 4) is 5.75 Å². The Labute approximate surface area is 132 Å². The Bertz CT molecular complexity index is 627. The van der Waals surface area contributed by atoms with Gasteiger partial charge < -0.3 is 14.8 Å². The lowest BCUT2D eigenvalue weighted by Gasteiger charge is -2.36. The molecular weight excluding hydrogens is 276 g/mol. The van der Waals surface area contributed by atoms with Gasteiger partial charge in [0.05, 0.1) is 13.2 Å². The minimum absolute atomic E-state index is 0.474. The number of β-amino-alcohol motifs (C(OH)–C–C–N with tert-alkyl or cyclic N) is 1. The third-order valence-corrected chi connectivity index (χ3v) is 4.66. The predicted octanol–water partition coefficient (Wildman–Crippen LogP) is 3.19. The summed E-state index contributed by atoms with van der Waals surface area (Å²) in [7, 11) is 1.67. The molecule has 0 amide bonds. The number of likely N-dealkylation sites (tertiary alicyclic amines) is 1. The van der Waals surface area contributed by atoms with Gasteiger partial charge in [0.15, 0.2) is 0 Å². The minimum atomic E-state index is -0.474. The van der Waals surface area contributed by atoms with Gasteiger partial charge in [0.25, 0.3) is 0 Å². The molecule has 3 rings (SSSR count). The first-order valence-corrected chi connectivity index (χ1v) is 8.12. The fraction of sp³-hybridized carbons (Fsp3) is 0.556. The fourth-order valence-corrected chi connectivity index (χ4v) is 3.81. The monoisotopic (exact) mass is 302 g/mol. The van der Waals surface area contributed by atoms with Crippen LogP contribution < -0.4 is 4.74 Å². The largest absolute Gasteiger partial charge is 0.497 e. The summed E-state index contributed by atoms with van der Waals surface area (Å²) in [6.07, 6.45) is 2.74. The molecule has 0 saturated carbocycles. The number of nitrogens with zero attached hydrogens (tertiary/aromatic N) is 1. The summed E-state index contributed by atoms with van der Waals surface area (Å²) < 4.78 is 5.30. The Morgan fingerprint density at radius 1 is 1.32 bits per heavy atom. The summed E-state index contributed by atoms with van der Waals surface area (Å²) >= 11 is 0. The molecule has 0 aliphatic carbocycles. The molecule has 3 atom stereocenters. The maximum absolute atomic E-state index is 10.7. The summed E-state index contributed by atoms with van der Waals surface area (Å²) in [4.78, 5) is 5.63. The van der Waals surface area contributed by atoms with Crippen molar-refractivity contribution in [2.75, 3.05) is 26.7 Å². The van der Waals surface area contributed by atoms with E-state index in [9.17, 15) is 5.11 Å². The van der Waals surface area contributed by atoms with E-state index in [-0.39, 0.29) is 0 Å². The highest BCUT2D eigenvalue weighted by atomic mass is 16.5. The molecule has 22 heavy (non-hydrogen) atoms. The number of methoxy groups -OCH3 is 1. The van der Waals surface area contributed by atoms with Crippen LogP contribution in [0.25, 0.3) is 10.9 Å². The summed E-state index contributed by atoms with van der Waals surface area (Å²) in [5.41, 5.74) is 2.00. The fourth-order valence-electron chi connectivity index (χ4n) is 3.81. The lowest BCUT2D eigenvalue weighted by molar-refractivity contribution is 0.0706. The van der Waals surface area contributed by atoms with Crippen LogP contribution in [-0.4, -0.2) is 41.7 Å². The number of ether oxygens (including phenoxy) is 1. The molecular formula is C18H26N2O2. The van der Waals surface area contributed by atoms with Crippen molar-refractivity contribution in [3.05, 3.63) is 30.0 Å². The van der Waals surface area contributed by atoms with Crippen LogP contribution in [0.3, 0.4) is 0 Å². The molecule has 4 heteroatoms. The molecule has 2 aromatic rings. The number of aromatic amines is 1. The summed E-state index contributed by atoms with van der Waals surface area (Å²) in [5, 5.41) is 11.7. The molecule has 0 bridgehead atoms. The second kappa shape index (κ2) is 6.31. The van der Waals surface area contributed by atoms with Gasteiger partial charge in [-0.25, -0.2) is 0 Å².